The van der Waals surface area contributed by atoms with E-state index < -0.39 is 0 Å². The highest BCUT2D eigenvalue weighted by atomic mass is 16.5. The fourth-order valence-electron chi connectivity index (χ4n) is 4.00. The summed E-state index contributed by atoms with van der Waals surface area (Å²) in [4.78, 5) is 29.2. The number of carbonyl (C=O) groups excluding carboxylic acids is 2. The quantitative estimate of drug-likeness (QED) is 0.879. The van der Waals surface area contributed by atoms with E-state index >= 15 is 0 Å². The average Bonchev–Trinajstić information content (AvgIpc) is 3.08. The fourth-order valence-corrected chi connectivity index (χ4v) is 4.00. The van der Waals surface area contributed by atoms with Crippen LogP contribution in [0.3, 0.4) is 0 Å². The molecule has 4 rings (SSSR count). The molecule has 0 radical (unpaired) electrons. The minimum atomic E-state index is -0.0569. The fraction of sp³-hybridized carbons (Fsp3) is 0.476. The zero-order valence-corrected chi connectivity index (χ0v) is 16.2. The Morgan fingerprint density at radius 2 is 1.89 bits per heavy atom. The van der Waals surface area contributed by atoms with Gasteiger partial charge in [0.05, 0.1) is 7.11 Å². The molecule has 7 nitrogen and oxygen atoms in total. The molecule has 0 bridgehead atoms. The molecular weight excluding hydrogens is 356 g/mol. The third-order valence-corrected chi connectivity index (χ3v) is 5.67. The summed E-state index contributed by atoms with van der Waals surface area (Å²) in [6, 6.07) is 7.73. The highest BCUT2D eigenvalue weighted by Gasteiger charge is 2.29. The Balaban J connectivity index is 1.42. The van der Waals surface area contributed by atoms with Gasteiger partial charge in [-0.1, -0.05) is 12.1 Å². The molecule has 2 aromatic rings. The molecule has 1 aliphatic carbocycles. The van der Waals surface area contributed by atoms with Gasteiger partial charge in [-0.2, -0.15) is 5.10 Å². The van der Waals surface area contributed by atoms with Crippen molar-refractivity contribution in [1.29, 1.82) is 0 Å². The van der Waals surface area contributed by atoms with Gasteiger partial charge in [0.2, 0.25) is 5.91 Å². The zero-order valence-electron chi connectivity index (χ0n) is 16.2. The SMILES string of the molecule is COc1ccc(CN2CCN(C(=O)c3n[nH]c4c3CCCC4)CCC2=O)cc1. The molecule has 1 aliphatic heterocycles. The summed E-state index contributed by atoms with van der Waals surface area (Å²) in [5.74, 6) is 0.818. The van der Waals surface area contributed by atoms with Crippen molar-refractivity contribution in [3.63, 3.8) is 0 Å². The van der Waals surface area contributed by atoms with Gasteiger partial charge in [0, 0.05) is 43.9 Å². The smallest absolute Gasteiger partial charge is 0.274 e. The summed E-state index contributed by atoms with van der Waals surface area (Å²) in [6.07, 6.45) is 4.45. The number of carbonyl (C=O) groups is 2. The number of rotatable bonds is 4. The lowest BCUT2D eigenvalue weighted by Gasteiger charge is -2.22. The normalized spacial score (nSPS) is 17.2. The van der Waals surface area contributed by atoms with Crippen LogP contribution >= 0.6 is 0 Å². The Morgan fingerprint density at radius 1 is 1.11 bits per heavy atom. The van der Waals surface area contributed by atoms with Crippen molar-refractivity contribution in [2.75, 3.05) is 26.7 Å². The van der Waals surface area contributed by atoms with E-state index in [1.807, 2.05) is 29.2 Å². The summed E-state index contributed by atoms with van der Waals surface area (Å²) >= 11 is 0. The third-order valence-electron chi connectivity index (χ3n) is 5.67. The van der Waals surface area contributed by atoms with E-state index in [1.54, 1.807) is 12.0 Å². The lowest BCUT2D eigenvalue weighted by molar-refractivity contribution is -0.130. The minimum Gasteiger partial charge on any atom is -0.497 e. The summed E-state index contributed by atoms with van der Waals surface area (Å²) in [7, 11) is 1.63. The molecule has 0 atom stereocenters. The van der Waals surface area contributed by atoms with Crippen LogP contribution in [0, 0.1) is 0 Å². The predicted molar refractivity (Wildman–Crippen MR) is 104 cm³/mol. The maximum absolute atomic E-state index is 13.0. The van der Waals surface area contributed by atoms with Gasteiger partial charge >= 0.3 is 0 Å². The maximum atomic E-state index is 13.0. The van der Waals surface area contributed by atoms with Crippen LogP contribution < -0.4 is 4.74 Å². The van der Waals surface area contributed by atoms with Crippen LogP contribution in [0.25, 0.3) is 0 Å². The lowest BCUT2D eigenvalue weighted by Crippen LogP contribution is -2.36. The number of benzene rings is 1. The van der Waals surface area contributed by atoms with Gasteiger partial charge in [0.25, 0.3) is 5.91 Å². The number of fused-ring (bicyclic) bond motifs is 1. The number of ether oxygens (including phenoxy) is 1. The van der Waals surface area contributed by atoms with E-state index in [9.17, 15) is 9.59 Å². The molecule has 0 unspecified atom stereocenters. The number of aryl methyl sites for hydroxylation is 1. The summed E-state index contributed by atoms with van der Waals surface area (Å²) in [5, 5.41) is 7.34. The molecule has 2 heterocycles. The largest absolute Gasteiger partial charge is 0.497 e. The molecule has 2 aliphatic rings. The van der Waals surface area contributed by atoms with Gasteiger partial charge in [0.15, 0.2) is 5.69 Å². The van der Waals surface area contributed by atoms with Crippen molar-refractivity contribution in [2.24, 2.45) is 0 Å². The number of nitrogens with zero attached hydrogens (tertiary/aromatic N) is 3. The Morgan fingerprint density at radius 3 is 2.68 bits per heavy atom. The number of nitrogens with one attached hydrogen (secondary N) is 1. The Bertz CT molecular complexity index is 859. The van der Waals surface area contributed by atoms with Gasteiger partial charge in [-0.3, -0.25) is 14.7 Å². The monoisotopic (exact) mass is 382 g/mol. The van der Waals surface area contributed by atoms with E-state index in [4.69, 9.17) is 4.74 Å². The lowest BCUT2D eigenvalue weighted by atomic mass is 9.95. The number of aromatic amines is 1. The minimum absolute atomic E-state index is 0.0569. The molecule has 1 N–H and O–H groups in total. The van der Waals surface area contributed by atoms with Crippen LogP contribution in [0.4, 0.5) is 0 Å². The molecule has 7 heteroatoms. The van der Waals surface area contributed by atoms with Crippen LogP contribution in [-0.4, -0.2) is 58.6 Å². The first-order valence-electron chi connectivity index (χ1n) is 9.92. The van der Waals surface area contributed by atoms with Crippen LogP contribution in [-0.2, 0) is 24.2 Å². The second-order valence-electron chi connectivity index (χ2n) is 7.44. The van der Waals surface area contributed by atoms with Crippen LogP contribution in [0.15, 0.2) is 24.3 Å². The van der Waals surface area contributed by atoms with Crippen LogP contribution in [0.5, 0.6) is 5.75 Å². The standard InChI is InChI=1S/C21H26N4O3/c1-28-16-8-6-15(7-9-16)14-25-13-12-24(11-10-19(25)26)21(27)20-17-4-2-3-5-18(17)22-23-20/h6-9H,2-5,10-14H2,1H3,(H,22,23). The van der Waals surface area contributed by atoms with E-state index in [-0.39, 0.29) is 11.8 Å². The average molecular weight is 382 g/mol. The van der Waals surface area contributed by atoms with E-state index in [2.05, 4.69) is 10.2 Å². The topological polar surface area (TPSA) is 78.5 Å². The predicted octanol–water partition coefficient (Wildman–Crippen LogP) is 2.17. The van der Waals surface area contributed by atoms with Crippen molar-refractivity contribution < 1.29 is 14.3 Å². The highest BCUT2D eigenvalue weighted by molar-refractivity contribution is 5.94. The number of hydrogen-bond donors (Lipinski definition) is 1. The van der Waals surface area contributed by atoms with Gasteiger partial charge in [-0.05, 0) is 43.4 Å². The van der Waals surface area contributed by atoms with Crippen LogP contribution in [0.2, 0.25) is 0 Å². The number of H-pyrrole nitrogens is 1. The second-order valence-corrected chi connectivity index (χ2v) is 7.44. The molecule has 1 fully saturated rings. The van der Waals surface area contributed by atoms with Crippen molar-refractivity contribution in [2.45, 2.75) is 38.6 Å². The first-order chi connectivity index (χ1) is 13.7. The van der Waals surface area contributed by atoms with Gasteiger partial charge < -0.3 is 14.5 Å². The first-order valence-corrected chi connectivity index (χ1v) is 9.92. The molecular formula is C21H26N4O3. The van der Waals surface area contributed by atoms with Crippen molar-refractivity contribution >= 4 is 11.8 Å². The Labute approximate surface area is 164 Å². The van der Waals surface area contributed by atoms with Crippen molar-refractivity contribution in [3.05, 3.63) is 46.8 Å². The van der Waals surface area contributed by atoms with Gasteiger partial charge in [-0.15, -0.1) is 0 Å². The van der Waals surface area contributed by atoms with E-state index in [0.717, 1.165) is 48.3 Å². The molecule has 2 amide bonds. The van der Waals surface area contributed by atoms with Crippen molar-refractivity contribution in [1.82, 2.24) is 20.0 Å². The van der Waals surface area contributed by atoms with Gasteiger partial charge in [0.1, 0.15) is 5.75 Å². The number of methoxy groups -OCH3 is 1. The number of amides is 2. The zero-order chi connectivity index (χ0) is 19.5. The molecule has 28 heavy (non-hydrogen) atoms. The molecule has 1 aromatic heterocycles. The summed E-state index contributed by atoms with van der Waals surface area (Å²) in [6.45, 7) is 2.05. The highest BCUT2D eigenvalue weighted by Crippen LogP contribution is 2.23. The van der Waals surface area contributed by atoms with Crippen molar-refractivity contribution in [3.8, 4) is 5.75 Å². The van der Waals surface area contributed by atoms with Crippen LogP contribution in [0.1, 0.15) is 46.6 Å². The van der Waals surface area contributed by atoms with E-state index in [1.165, 1.54) is 0 Å². The molecule has 1 saturated heterocycles. The summed E-state index contributed by atoms with van der Waals surface area (Å²) < 4.78 is 5.18. The molecule has 0 spiro atoms. The number of aromatic nitrogens is 2. The maximum Gasteiger partial charge on any atom is 0.274 e. The molecule has 148 valence electrons. The third kappa shape index (κ3) is 3.74. The second kappa shape index (κ2) is 8.04. The Kier molecular flexibility index (Phi) is 5.32. The number of hydrogen-bond acceptors (Lipinski definition) is 4. The molecule has 0 saturated carbocycles. The molecule has 1 aromatic carbocycles. The summed E-state index contributed by atoms with van der Waals surface area (Å²) in [5.41, 5.74) is 3.77. The first kappa shape index (κ1) is 18.5. The van der Waals surface area contributed by atoms with Gasteiger partial charge in [-0.25, -0.2) is 0 Å². The Hall–Kier alpha value is -2.83. The van der Waals surface area contributed by atoms with E-state index in [0.29, 0.717) is 38.3 Å².